The van der Waals surface area contributed by atoms with Crippen LogP contribution in [0.2, 0.25) is 5.02 Å². The van der Waals surface area contributed by atoms with Crippen LogP contribution in [0.3, 0.4) is 0 Å². The Hall–Kier alpha value is -2.04. The summed E-state index contributed by atoms with van der Waals surface area (Å²) in [6.07, 6.45) is 0. The summed E-state index contributed by atoms with van der Waals surface area (Å²) in [6, 6.07) is 11.4. The van der Waals surface area contributed by atoms with Gasteiger partial charge < -0.3 is 15.6 Å². The summed E-state index contributed by atoms with van der Waals surface area (Å²) in [5.41, 5.74) is 6.18. The van der Waals surface area contributed by atoms with Crippen molar-refractivity contribution in [2.75, 3.05) is 0 Å². The van der Waals surface area contributed by atoms with E-state index in [0.29, 0.717) is 27.6 Å². The molecule has 19 heavy (non-hydrogen) atoms. The summed E-state index contributed by atoms with van der Waals surface area (Å²) >= 11 is 5.88. The normalized spacial score (nSPS) is 10.2. The van der Waals surface area contributed by atoms with Gasteiger partial charge in [-0.1, -0.05) is 17.7 Å². The molecule has 0 atom stereocenters. The third-order valence-electron chi connectivity index (χ3n) is 2.57. The van der Waals surface area contributed by atoms with Gasteiger partial charge in [-0.05, 0) is 36.4 Å². The third-order valence-corrected chi connectivity index (χ3v) is 2.80. The number of hydrogen-bond acceptors (Lipinski definition) is 3. The second-order valence-electron chi connectivity index (χ2n) is 3.90. The summed E-state index contributed by atoms with van der Waals surface area (Å²) in [5.74, 6) is 0.508. The molecule has 98 valence electrons. The second kappa shape index (κ2) is 5.73. The standard InChI is InChI=1S/C14H12ClNO3/c15-11-4-1-10(8-17)13(7-11)19-12-5-2-9(3-6-12)14(16)18/h1-7,17H,8H2,(H2,16,18). The minimum Gasteiger partial charge on any atom is -0.457 e. The van der Waals surface area contributed by atoms with Gasteiger partial charge in [0, 0.05) is 16.1 Å². The molecule has 0 unspecified atom stereocenters. The number of carbonyl (C=O) groups excluding carboxylic acids is 1. The monoisotopic (exact) mass is 277 g/mol. The van der Waals surface area contributed by atoms with E-state index in [1.165, 1.54) is 0 Å². The molecular weight excluding hydrogens is 266 g/mol. The zero-order chi connectivity index (χ0) is 13.8. The van der Waals surface area contributed by atoms with E-state index in [9.17, 15) is 9.90 Å². The van der Waals surface area contributed by atoms with Crippen LogP contribution in [0.4, 0.5) is 0 Å². The number of aliphatic hydroxyl groups excluding tert-OH is 1. The molecule has 0 bridgehead atoms. The van der Waals surface area contributed by atoms with Crippen LogP contribution in [-0.4, -0.2) is 11.0 Å². The van der Waals surface area contributed by atoms with Crippen LogP contribution in [0, 0.1) is 0 Å². The van der Waals surface area contributed by atoms with E-state index >= 15 is 0 Å². The van der Waals surface area contributed by atoms with Gasteiger partial charge in [0.15, 0.2) is 0 Å². The van der Waals surface area contributed by atoms with Gasteiger partial charge in [0.05, 0.1) is 6.61 Å². The molecule has 5 heteroatoms. The van der Waals surface area contributed by atoms with Gasteiger partial charge in [0.1, 0.15) is 11.5 Å². The Morgan fingerprint density at radius 2 is 1.89 bits per heavy atom. The number of rotatable bonds is 4. The molecule has 1 amide bonds. The van der Waals surface area contributed by atoms with Crippen molar-refractivity contribution in [1.82, 2.24) is 0 Å². The summed E-state index contributed by atoms with van der Waals surface area (Å²) in [4.78, 5) is 10.9. The molecule has 3 N–H and O–H groups in total. The smallest absolute Gasteiger partial charge is 0.248 e. The Labute approximate surface area is 115 Å². The van der Waals surface area contributed by atoms with Gasteiger partial charge in [-0.3, -0.25) is 4.79 Å². The lowest BCUT2D eigenvalue weighted by atomic mass is 10.2. The third kappa shape index (κ3) is 3.24. The molecule has 2 aromatic rings. The summed E-state index contributed by atoms with van der Waals surface area (Å²) in [6.45, 7) is -0.147. The van der Waals surface area contributed by atoms with Crippen molar-refractivity contribution in [2.24, 2.45) is 5.73 Å². The number of aliphatic hydroxyl groups is 1. The average molecular weight is 278 g/mol. The molecule has 2 aromatic carbocycles. The maximum atomic E-state index is 10.9. The molecule has 0 spiro atoms. The lowest BCUT2D eigenvalue weighted by molar-refractivity contribution is 0.100. The number of carbonyl (C=O) groups is 1. The number of amides is 1. The van der Waals surface area contributed by atoms with Crippen LogP contribution in [0.5, 0.6) is 11.5 Å². The number of halogens is 1. The lowest BCUT2D eigenvalue weighted by Gasteiger charge is -2.10. The molecule has 4 nitrogen and oxygen atoms in total. The van der Waals surface area contributed by atoms with Crippen molar-refractivity contribution in [3.63, 3.8) is 0 Å². The van der Waals surface area contributed by atoms with Crippen molar-refractivity contribution in [2.45, 2.75) is 6.61 Å². The van der Waals surface area contributed by atoms with Crippen LogP contribution < -0.4 is 10.5 Å². The number of nitrogens with two attached hydrogens (primary N) is 1. The fourth-order valence-corrected chi connectivity index (χ4v) is 1.73. The Balaban J connectivity index is 2.25. The zero-order valence-electron chi connectivity index (χ0n) is 9.97. The van der Waals surface area contributed by atoms with Crippen LogP contribution in [-0.2, 0) is 6.61 Å². The van der Waals surface area contributed by atoms with E-state index in [-0.39, 0.29) is 6.61 Å². The highest BCUT2D eigenvalue weighted by Gasteiger charge is 2.06. The maximum absolute atomic E-state index is 10.9. The van der Waals surface area contributed by atoms with Crippen LogP contribution in [0.15, 0.2) is 42.5 Å². The van der Waals surface area contributed by atoms with Crippen molar-refractivity contribution >= 4 is 17.5 Å². The van der Waals surface area contributed by atoms with E-state index < -0.39 is 5.91 Å². The first-order chi connectivity index (χ1) is 9.10. The summed E-state index contributed by atoms with van der Waals surface area (Å²) in [7, 11) is 0. The first-order valence-electron chi connectivity index (χ1n) is 5.57. The average Bonchev–Trinajstić information content (AvgIpc) is 2.39. The number of hydrogen-bond donors (Lipinski definition) is 2. The first-order valence-corrected chi connectivity index (χ1v) is 5.95. The van der Waals surface area contributed by atoms with Gasteiger partial charge in [0.2, 0.25) is 5.91 Å². The molecule has 2 rings (SSSR count). The van der Waals surface area contributed by atoms with Crippen LogP contribution in [0.1, 0.15) is 15.9 Å². The Bertz CT molecular complexity index is 596. The van der Waals surface area contributed by atoms with Gasteiger partial charge in [-0.2, -0.15) is 0 Å². The highest BCUT2D eigenvalue weighted by atomic mass is 35.5. The summed E-state index contributed by atoms with van der Waals surface area (Å²) < 4.78 is 5.62. The molecule has 0 radical (unpaired) electrons. The highest BCUT2D eigenvalue weighted by molar-refractivity contribution is 6.30. The molecule has 0 saturated heterocycles. The van der Waals surface area contributed by atoms with Crippen molar-refractivity contribution in [1.29, 1.82) is 0 Å². The minimum atomic E-state index is -0.495. The predicted molar refractivity (Wildman–Crippen MR) is 72.4 cm³/mol. The molecule has 0 aromatic heterocycles. The highest BCUT2D eigenvalue weighted by Crippen LogP contribution is 2.28. The summed E-state index contributed by atoms with van der Waals surface area (Å²) in [5, 5.41) is 9.73. The number of primary amides is 1. The molecule has 0 aliphatic carbocycles. The van der Waals surface area contributed by atoms with Crippen molar-refractivity contribution in [3.05, 3.63) is 58.6 Å². The van der Waals surface area contributed by atoms with Crippen molar-refractivity contribution < 1.29 is 14.6 Å². The maximum Gasteiger partial charge on any atom is 0.248 e. The topological polar surface area (TPSA) is 72.6 Å². The van der Waals surface area contributed by atoms with E-state index in [1.807, 2.05) is 0 Å². The fourth-order valence-electron chi connectivity index (χ4n) is 1.57. The SMILES string of the molecule is NC(=O)c1ccc(Oc2cc(Cl)ccc2CO)cc1. The second-order valence-corrected chi connectivity index (χ2v) is 4.34. The Morgan fingerprint density at radius 1 is 1.21 bits per heavy atom. The molecule has 0 aliphatic heterocycles. The largest absolute Gasteiger partial charge is 0.457 e. The molecule has 0 aliphatic rings. The lowest BCUT2D eigenvalue weighted by Crippen LogP contribution is -2.10. The fraction of sp³-hybridized carbons (Fsp3) is 0.0714. The molecule has 0 heterocycles. The van der Waals surface area contributed by atoms with E-state index in [4.69, 9.17) is 22.1 Å². The molecular formula is C14H12ClNO3. The van der Waals surface area contributed by atoms with E-state index in [2.05, 4.69) is 0 Å². The van der Waals surface area contributed by atoms with E-state index in [0.717, 1.165) is 0 Å². The predicted octanol–water partition coefficient (Wildman–Crippen LogP) is 2.72. The van der Waals surface area contributed by atoms with Gasteiger partial charge in [0.25, 0.3) is 0 Å². The number of benzene rings is 2. The quantitative estimate of drug-likeness (QED) is 0.902. The van der Waals surface area contributed by atoms with Crippen LogP contribution in [0.25, 0.3) is 0 Å². The van der Waals surface area contributed by atoms with Crippen molar-refractivity contribution in [3.8, 4) is 11.5 Å². The number of ether oxygens (including phenoxy) is 1. The van der Waals surface area contributed by atoms with Gasteiger partial charge in [-0.25, -0.2) is 0 Å². The minimum absolute atomic E-state index is 0.147. The first kappa shape index (κ1) is 13.4. The zero-order valence-corrected chi connectivity index (χ0v) is 10.7. The van der Waals surface area contributed by atoms with Gasteiger partial charge in [-0.15, -0.1) is 0 Å². The van der Waals surface area contributed by atoms with E-state index in [1.54, 1.807) is 42.5 Å². The molecule has 0 saturated carbocycles. The van der Waals surface area contributed by atoms with Gasteiger partial charge >= 0.3 is 0 Å². The Morgan fingerprint density at radius 3 is 2.47 bits per heavy atom. The molecule has 0 fully saturated rings. The van der Waals surface area contributed by atoms with Crippen LogP contribution >= 0.6 is 11.6 Å². The Kier molecular flexibility index (Phi) is 4.04.